The van der Waals surface area contributed by atoms with Crippen LogP contribution >= 0.6 is 30.5 Å². The molecule has 0 heterocycles. The maximum Gasteiger partial charge on any atom is -0.0829 e. The van der Waals surface area contributed by atoms with Crippen molar-refractivity contribution in [3.63, 3.8) is 0 Å². The average molecular weight is 688 g/mol. The van der Waals surface area contributed by atoms with Gasteiger partial charge in [0.15, 0.2) is 7.38 Å². The second kappa shape index (κ2) is 17.4. The predicted octanol–water partition coefficient (Wildman–Crippen LogP) is 9.37. The van der Waals surface area contributed by atoms with Gasteiger partial charge in [-0.2, -0.15) is 23.9 Å². The number of esters is 1. The van der Waals surface area contributed by atoms with E-state index in [1.807, 2.05) is 42.7 Å². The fraction of sp³-hybridized carbons (Fsp3) is 0.567. The van der Waals surface area contributed by atoms with Crippen molar-refractivity contribution in [2.24, 2.45) is 11.8 Å². The van der Waals surface area contributed by atoms with E-state index in [-0.39, 0.29) is 30.0 Å². The van der Waals surface area contributed by atoms with Crippen LogP contribution < -0.4 is 4.74 Å². The Morgan fingerprint density at radius 3 is 2.45 bits per heavy atom. The van der Waals surface area contributed by atoms with E-state index in [9.17, 15) is 4.79 Å². The largest absolute Gasteiger partial charge is 0.328 e. The number of hydrogen-bond acceptors (Lipinski definition) is 3. The molecule has 0 spiro atoms. The van der Waals surface area contributed by atoms with Gasteiger partial charge in [0.1, 0.15) is 0 Å². The molecule has 2 unspecified atom stereocenters. The molecule has 2 fully saturated rings. The molecule has 216 valence electrons. The predicted molar refractivity (Wildman–Crippen MR) is 164 cm³/mol. The van der Waals surface area contributed by atoms with Crippen LogP contribution in [0.25, 0.3) is 0 Å². The topological polar surface area (TPSA) is 35.5 Å². The van der Waals surface area contributed by atoms with E-state index in [1.165, 1.54) is 25.7 Å². The zero-order valence-corrected chi connectivity index (χ0v) is 28.2. The molecule has 0 saturated heterocycles. The van der Waals surface area contributed by atoms with Crippen LogP contribution in [0.5, 0.6) is 5.75 Å². The molecule has 0 amide bonds. The number of halogens is 3. The van der Waals surface area contributed by atoms with E-state index in [0.29, 0.717) is 12.8 Å². The van der Waals surface area contributed by atoms with Crippen LogP contribution in [-0.4, -0.2) is 30.2 Å². The number of hydrogen-bond donors (Lipinski definition) is 0. The SMILES string of the molecule is C=CC1CCC(/C=C/C[Si](C)(C)Cl)[C@@H]1OC(=O)CCc1ccc(OC(C)C)c([CH]=[Ru]([Cl])[Cl])c1.[CH-]1CCCC1. The van der Waals surface area contributed by atoms with Crippen molar-refractivity contribution in [2.45, 2.75) is 96.6 Å². The number of rotatable bonds is 11. The van der Waals surface area contributed by atoms with Gasteiger partial charge in [0, 0.05) is 0 Å². The first-order chi connectivity index (χ1) is 18.0. The van der Waals surface area contributed by atoms with E-state index in [2.05, 4.69) is 38.2 Å². The van der Waals surface area contributed by atoms with E-state index < -0.39 is 20.9 Å². The summed E-state index contributed by atoms with van der Waals surface area (Å²) in [6.45, 7) is 12.2. The second-order valence-corrected chi connectivity index (χ2v) is 23.5. The molecule has 38 heavy (non-hydrogen) atoms. The fourth-order valence-electron chi connectivity index (χ4n) is 4.64. The van der Waals surface area contributed by atoms with Gasteiger partial charge < -0.3 is 6.42 Å². The number of carbonyl (C=O) groups excluding carboxylic acids is 1. The van der Waals surface area contributed by atoms with Gasteiger partial charge in [0.05, 0.1) is 0 Å². The van der Waals surface area contributed by atoms with Crippen LogP contribution in [-0.2, 0) is 29.5 Å². The van der Waals surface area contributed by atoms with Gasteiger partial charge in [-0.15, -0.1) is 0 Å². The molecule has 1 aromatic rings. The van der Waals surface area contributed by atoms with Gasteiger partial charge >= 0.3 is 181 Å². The molecule has 1 aromatic carbocycles. The first-order valence-electron chi connectivity index (χ1n) is 13.6. The second-order valence-electron chi connectivity index (χ2n) is 10.9. The third-order valence-electron chi connectivity index (χ3n) is 6.54. The minimum Gasteiger partial charge on any atom is -0.328 e. The average Bonchev–Trinajstić information content (AvgIpc) is 3.52. The van der Waals surface area contributed by atoms with Gasteiger partial charge in [-0.3, -0.25) is 0 Å². The molecule has 3 rings (SSSR count). The first kappa shape index (κ1) is 33.8. The summed E-state index contributed by atoms with van der Waals surface area (Å²) in [5, 5.41) is 0. The Labute approximate surface area is 249 Å². The van der Waals surface area contributed by atoms with Gasteiger partial charge in [-0.25, -0.2) is 0 Å². The van der Waals surface area contributed by atoms with Crippen molar-refractivity contribution in [1.82, 2.24) is 0 Å². The molecule has 2 aliphatic rings. The zero-order chi connectivity index (χ0) is 28.1. The standard InChI is InChI=1S/C25H35ClO3Si.C5H9.2ClH.Ru/c1-7-21-12-13-22(9-8-16-30(5,6)26)25(21)29-24(27)15-11-20-10-14-23(19(4)17-20)28-18(2)3;1-2-4-5-3-1;;;/h4,7-10,14,17-18,21-22,25H,1,11-13,15-16H2,2-3,5-6H3;1H,2-5H2;2*1H;/q;-1;;;+2/p-2/b9-8+;;;;/t21?,22?,25-;;;;/m1..../s1. The van der Waals surface area contributed by atoms with Crippen molar-refractivity contribution in [3.8, 4) is 5.75 Å². The van der Waals surface area contributed by atoms with E-state index in [0.717, 1.165) is 35.8 Å². The summed E-state index contributed by atoms with van der Waals surface area (Å²) in [4.78, 5) is 12.7. The van der Waals surface area contributed by atoms with Crippen LogP contribution in [0, 0.1) is 18.3 Å². The molecule has 0 aromatic heterocycles. The fourth-order valence-corrected chi connectivity index (χ4v) is 7.39. The normalized spacial score (nSPS) is 21.7. The van der Waals surface area contributed by atoms with Crippen molar-refractivity contribution in [1.29, 1.82) is 0 Å². The Bertz CT molecular complexity index is 943. The Kier molecular flexibility index (Phi) is 15.4. The van der Waals surface area contributed by atoms with Gasteiger partial charge in [0.25, 0.3) is 0 Å². The number of allylic oxidation sites excluding steroid dienone is 1. The minimum absolute atomic E-state index is 0.0494. The molecule has 8 heteroatoms. The Hall–Kier alpha value is -0.450. The quantitative estimate of drug-likeness (QED) is 0.0765. The third-order valence-corrected chi connectivity index (χ3v) is 10.0. The molecular weight excluding hydrogens is 644 g/mol. The molecule has 3 nitrogen and oxygen atoms in total. The van der Waals surface area contributed by atoms with Crippen molar-refractivity contribution in [3.05, 3.63) is 60.6 Å². The molecular formula is C30H44Cl3O3RuSi-. The summed E-state index contributed by atoms with van der Waals surface area (Å²) in [6.07, 6.45) is 17.0. The number of aryl methyl sites for hydroxylation is 1. The Morgan fingerprint density at radius 1 is 1.21 bits per heavy atom. The van der Waals surface area contributed by atoms with Gasteiger partial charge in [0.2, 0.25) is 0 Å². The molecule has 2 aliphatic carbocycles. The molecule has 0 bridgehead atoms. The van der Waals surface area contributed by atoms with Crippen LogP contribution in [0.2, 0.25) is 19.1 Å². The molecule has 0 radical (unpaired) electrons. The minimum atomic E-state index is -2.01. The summed E-state index contributed by atoms with van der Waals surface area (Å²) in [5.74, 6) is 0.976. The summed E-state index contributed by atoms with van der Waals surface area (Å²) < 4.78 is 13.7. The van der Waals surface area contributed by atoms with E-state index >= 15 is 0 Å². The van der Waals surface area contributed by atoms with Crippen LogP contribution in [0.4, 0.5) is 0 Å². The summed E-state index contributed by atoms with van der Waals surface area (Å²) in [5.41, 5.74) is 1.91. The molecule has 2 saturated carbocycles. The number of ether oxygens (including phenoxy) is 2. The van der Waals surface area contributed by atoms with Crippen molar-refractivity contribution in [2.75, 3.05) is 0 Å². The maximum atomic E-state index is 12.7. The number of benzene rings is 1. The van der Waals surface area contributed by atoms with Gasteiger partial charge in [-0.1, -0.05) is 25.9 Å². The summed E-state index contributed by atoms with van der Waals surface area (Å²) in [7, 11) is 10.6. The monoisotopic (exact) mass is 687 g/mol. The van der Waals surface area contributed by atoms with Gasteiger partial charge in [-0.05, 0) is 6.04 Å². The number of carbonyl (C=O) groups is 1. The summed E-state index contributed by atoms with van der Waals surface area (Å²) >= 11 is 4.42. The molecule has 0 aliphatic heterocycles. The molecule has 3 atom stereocenters. The third kappa shape index (κ3) is 13.3. The van der Waals surface area contributed by atoms with Crippen molar-refractivity contribution < 1.29 is 27.8 Å². The summed E-state index contributed by atoms with van der Waals surface area (Å²) in [6, 6.07) is 6.81. The van der Waals surface area contributed by atoms with Crippen LogP contribution in [0.15, 0.2) is 43.0 Å². The molecule has 0 N–H and O–H groups in total. The van der Waals surface area contributed by atoms with Crippen LogP contribution in [0.3, 0.4) is 0 Å². The van der Waals surface area contributed by atoms with E-state index in [1.54, 1.807) is 0 Å². The maximum absolute atomic E-state index is 12.7. The van der Waals surface area contributed by atoms with Crippen molar-refractivity contribution >= 4 is 48.4 Å². The first-order valence-corrected chi connectivity index (χ1v) is 23.3. The smallest absolute Gasteiger partial charge is 0.0829 e. The zero-order valence-electron chi connectivity index (χ0n) is 23.2. The van der Waals surface area contributed by atoms with Crippen LogP contribution in [0.1, 0.15) is 69.9 Å². The van der Waals surface area contributed by atoms with E-state index in [4.69, 9.17) is 39.9 Å². The Morgan fingerprint density at radius 2 is 1.89 bits per heavy atom. The Balaban J connectivity index is 0.000000904.